The van der Waals surface area contributed by atoms with Gasteiger partial charge in [-0.1, -0.05) is 0 Å². The number of hydrogen-bond acceptors (Lipinski definition) is 14. The number of carboxylic acids is 3. The van der Waals surface area contributed by atoms with Crippen LogP contribution in [-0.2, 0) is 58.1 Å². The average molecular weight is 737 g/mol. The largest absolute Gasteiger partial charge is 3.00 e. The van der Waals surface area contributed by atoms with E-state index in [4.69, 9.17) is 47.5 Å². The van der Waals surface area contributed by atoms with Crippen LogP contribution >= 0.6 is 0 Å². The van der Waals surface area contributed by atoms with Crippen LogP contribution in [0.15, 0.2) is 0 Å². The molecule has 2 amide bonds. The van der Waals surface area contributed by atoms with Crippen molar-refractivity contribution in [1.82, 2.24) is 19.6 Å². The number of nitrogens with two attached hydrogens (primary N) is 2. The minimum Gasteiger partial charge on any atom is -0.741 e. The van der Waals surface area contributed by atoms with Gasteiger partial charge in [0.05, 0.1) is 0 Å². The molecule has 0 fully saturated rings. The maximum absolute atomic E-state index is 10.7. The molecule has 4 N–H and O–H groups in total. The van der Waals surface area contributed by atoms with E-state index in [1.807, 2.05) is 0 Å². The molecule has 0 saturated carbocycles. The predicted molar refractivity (Wildman–Crippen MR) is 136 cm³/mol. The van der Waals surface area contributed by atoms with E-state index < -0.39 is 39.6 Å². The Morgan fingerprint density at radius 2 is 0.690 bits per heavy atom. The van der Waals surface area contributed by atoms with Crippen LogP contribution < -0.4 is 26.8 Å². The van der Waals surface area contributed by atoms with E-state index >= 15 is 0 Å². The molecule has 0 heterocycles. The summed E-state index contributed by atoms with van der Waals surface area (Å²) in [6.07, 6.45) is 0. The first-order chi connectivity index (χ1) is 17.4. The molecule has 0 aromatic rings. The van der Waals surface area contributed by atoms with Gasteiger partial charge in [0.2, 0.25) is 0 Å². The Morgan fingerprint density at radius 1 is 0.619 bits per heavy atom. The maximum atomic E-state index is 10.7. The summed E-state index contributed by atoms with van der Waals surface area (Å²) in [6, 6.07) is -0.833. The Morgan fingerprint density at radius 3 is 0.714 bits per heavy atom. The first kappa shape index (κ1) is 63.5. The van der Waals surface area contributed by atoms with Gasteiger partial charge in [0.1, 0.15) is 0 Å². The van der Waals surface area contributed by atoms with Crippen molar-refractivity contribution in [3.63, 3.8) is 0 Å². The number of carboxylic acid groups (broad SMARTS) is 3. The normalized spacial score (nSPS) is 9.31. The van der Waals surface area contributed by atoms with Crippen molar-refractivity contribution in [2.45, 2.75) is 26.3 Å². The smallest absolute Gasteiger partial charge is 0.741 e. The molecule has 0 saturated heterocycles. The van der Waals surface area contributed by atoms with Gasteiger partial charge in [-0.25, -0.2) is 13.2 Å². The fourth-order valence-corrected chi connectivity index (χ4v) is 0.800. The second-order valence-electron chi connectivity index (χ2n) is 7.99. The predicted octanol–water partition coefficient (Wildman–Crippen LogP) is -4.44. The number of amides is 2. The number of carbonyl (C=O) groups excluding carboxylic acids is 4. The second-order valence-corrected chi connectivity index (χ2v) is 9.36. The standard InChI is InChI=1S/2C6H16N2.3C2H4O2.CHF3O3S.CH4N2O.2Co/c2*1-7(2)5-6-8(3)4;3*1-2(3)4;2-1(3,4)8(5,6)7;2-1(3)4;;/h2*5-6H2,1-4H3;3*1H3,(H,3,4);(H,5,6,7);(H4,2,3,4);;/q;;;;;;;+2;+3/p-4. The van der Waals surface area contributed by atoms with Crippen molar-refractivity contribution in [1.29, 1.82) is 0 Å². The van der Waals surface area contributed by atoms with Crippen LogP contribution in [0.2, 0.25) is 0 Å². The van der Waals surface area contributed by atoms with Gasteiger partial charge in [-0.3, -0.25) is 0 Å². The Balaban J connectivity index is -0.0000000440. The van der Waals surface area contributed by atoms with E-state index in [9.17, 15) is 13.2 Å². The third-order valence-corrected chi connectivity index (χ3v) is 2.84. The molecule has 0 aliphatic heterocycles. The molecule has 0 aromatic heterocycles. The number of primary amides is 2. The number of urea groups is 1. The molecule has 1 radical (unpaired) electrons. The molecule has 0 rings (SSSR count). The minimum atomic E-state index is -6.09. The average Bonchev–Trinajstić information content (AvgIpc) is 2.62. The van der Waals surface area contributed by atoms with Gasteiger partial charge in [-0.05, 0) is 77.2 Å². The number of nitrogens with zero attached hydrogens (tertiary/aromatic N) is 4. The van der Waals surface area contributed by atoms with E-state index in [-0.39, 0.29) is 33.6 Å². The number of hydrogen-bond donors (Lipinski definition) is 2. The molecule has 0 aromatic carbocycles. The zero-order chi connectivity index (χ0) is 34.4. The monoisotopic (exact) mass is 736 g/mol. The first-order valence-electron chi connectivity index (χ1n) is 10.6. The third-order valence-electron chi connectivity index (χ3n) is 2.27. The molecule has 42 heavy (non-hydrogen) atoms. The van der Waals surface area contributed by atoms with E-state index in [0.29, 0.717) is 0 Å². The van der Waals surface area contributed by atoms with Crippen molar-refractivity contribution >= 4 is 34.1 Å². The van der Waals surface area contributed by atoms with E-state index in [0.717, 1.165) is 47.0 Å². The van der Waals surface area contributed by atoms with Crippen molar-refractivity contribution in [2.75, 3.05) is 82.6 Å². The van der Waals surface area contributed by atoms with Gasteiger partial charge in [0.15, 0.2) is 10.1 Å². The first-order valence-corrected chi connectivity index (χ1v) is 12.0. The third kappa shape index (κ3) is 178. The summed E-state index contributed by atoms with van der Waals surface area (Å²) < 4.78 is 58.9. The fourth-order valence-electron chi connectivity index (χ4n) is 0.800. The number of likely N-dealkylation sites (N-methyl/N-ethyl adjacent to an activating group) is 4. The SMILES string of the molecule is CC(=O)[O-].CC(=O)[O-].CC(=O)[O-].CN(C)CCN(C)C.CN(C)CCN(C)C.NC(N)=O.O=S(=O)([O-])C(F)(F)F.[Co+2].[Co+3]. The second kappa shape index (κ2) is 39.2. The molecule has 0 bridgehead atoms. The van der Waals surface area contributed by atoms with Crippen LogP contribution in [0.25, 0.3) is 0 Å². The maximum Gasteiger partial charge on any atom is 3.00 e. The summed E-state index contributed by atoms with van der Waals surface area (Å²) in [5.41, 5.74) is 2.85. The molecule has 0 unspecified atom stereocenters. The zero-order valence-corrected chi connectivity index (χ0v) is 28.5. The van der Waals surface area contributed by atoms with Gasteiger partial charge in [0.25, 0.3) is 0 Å². The van der Waals surface area contributed by atoms with Crippen LogP contribution in [0.3, 0.4) is 0 Å². The van der Waals surface area contributed by atoms with E-state index in [1.165, 1.54) is 0 Å². The van der Waals surface area contributed by atoms with E-state index in [1.54, 1.807) is 0 Å². The summed E-state index contributed by atoms with van der Waals surface area (Å²) in [7, 11) is 10.6. The van der Waals surface area contributed by atoms with Crippen molar-refractivity contribution in [2.24, 2.45) is 11.5 Å². The number of carbonyl (C=O) groups is 4. The fraction of sp³-hybridized carbons (Fsp3) is 0.800. The molecular formula is C20H45Co2F3N6O10S+. The Labute approximate surface area is 267 Å². The van der Waals surface area contributed by atoms with Crippen LogP contribution in [0, 0.1) is 0 Å². The molecule has 0 aliphatic rings. The molecule has 16 nitrogen and oxygen atoms in total. The molecule has 22 heteroatoms. The van der Waals surface area contributed by atoms with Gasteiger partial charge < -0.3 is 65.3 Å². The van der Waals surface area contributed by atoms with Crippen molar-refractivity contribution < 1.29 is 94.2 Å². The minimum absolute atomic E-state index is 0. The number of halogens is 3. The number of aliphatic carboxylic acids is 3. The quantitative estimate of drug-likeness (QED) is 0.193. The Hall–Kier alpha value is -1.77. The molecule has 0 spiro atoms. The molecule has 0 atom stereocenters. The summed E-state index contributed by atoms with van der Waals surface area (Å²) in [5, 5.41) is 26.7. The van der Waals surface area contributed by atoms with Crippen molar-refractivity contribution in [3.05, 3.63) is 0 Å². The molecular weight excluding hydrogens is 691 g/mol. The zero-order valence-electron chi connectivity index (χ0n) is 25.6. The topological polar surface area (TPSA) is 260 Å². The summed E-state index contributed by atoms with van der Waals surface area (Å²) in [4.78, 5) is 44.4. The van der Waals surface area contributed by atoms with Gasteiger partial charge in [-0.15, -0.1) is 0 Å². The van der Waals surface area contributed by atoms with Crippen LogP contribution in [-0.4, -0.2) is 145 Å². The molecule has 0 aliphatic carbocycles. The van der Waals surface area contributed by atoms with E-state index in [2.05, 4.69) is 87.4 Å². The van der Waals surface area contributed by atoms with Crippen LogP contribution in [0.4, 0.5) is 18.0 Å². The summed E-state index contributed by atoms with van der Waals surface area (Å²) >= 11 is 0. The number of rotatable bonds is 6. The van der Waals surface area contributed by atoms with Gasteiger partial charge in [-0.2, -0.15) is 13.2 Å². The molecule has 259 valence electrons. The van der Waals surface area contributed by atoms with Gasteiger partial charge in [0, 0.05) is 44.1 Å². The number of alkyl halides is 3. The van der Waals surface area contributed by atoms with Crippen molar-refractivity contribution in [3.8, 4) is 0 Å². The van der Waals surface area contributed by atoms with Crippen LogP contribution in [0.1, 0.15) is 20.8 Å². The summed E-state index contributed by atoms with van der Waals surface area (Å²) in [6.45, 7) is 7.50. The summed E-state index contributed by atoms with van der Waals surface area (Å²) in [5.74, 6) is -3.25. The van der Waals surface area contributed by atoms with Crippen LogP contribution in [0.5, 0.6) is 0 Å². The Bertz CT molecular complexity index is 653. The van der Waals surface area contributed by atoms with Gasteiger partial charge >= 0.3 is 45.1 Å². The Kier molecular flexibility index (Phi) is 59.3.